The topological polar surface area (TPSA) is 36.8 Å². The average Bonchev–Trinajstić information content (AvgIpc) is 2.72. The lowest BCUT2D eigenvalue weighted by atomic mass is 9.95. The van der Waals surface area contributed by atoms with E-state index in [4.69, 9.17) is 23.2 Å². The molecule has 0 spiro atoms. The van der Waals surface area contributed by atoms with E-state index in [0.717, 1.165) is 23.0 Å². The lowest BCUT2D eigenvalue weighted by Gasteiger charge is -2.10. The maximum Gasteiger partial charge on any atom is 0.137 e. The van der Waals surface area contributed by atoms with Crippen molar-refractivity contribution in [3.8, 4) is 5.75 Å². The Morgan fingerprint density at radius 1 is 1.41 bits per heavy atom. The Balaban J connectivity index is 2.43. The summed E-state index contributed by atoms with van der Waals surface area (Å²) in [6.07, 6.45) is 0. The van der Waals surface area contributed by atoms with Gasteiger partial charge >= 0.3 is 0 Å². The van der Waals surface area contributed by atoms with Gasteiger partial charge in [0.25, 0.3) is 0 Å². The molecule has 0 amide bonds. The fourth-order valence-electron chi connectivity index (χ4n) is 2.59. The Morgan fingerprint density at radius 2 is 2.24 bits per heavy atom. The molecule has 2 aromatic carbocycles. The van der Waals surface area contributed by atoms with Gasteiger partial charge in [0.2, 0.25) is 0 Å². The van der Waals surface area contributed by atoms with E-state index in [2.05, 4.69) is 5.32 Å². The molecule has 17 heavy (non-hydrogen) atoms. The fraction of sp³-hybridized carbons (Fsp3) is 0.231. The van der Waals surface area contributed by atoms with E-state index in [0.29, 0.717) is 16.8 Å². The van der Waals surface area contributed by atoms with Crippen molar-refractivity contribution in [1.82, 2.24) is 0 Å². The molecule has 3 rings (SSSR count). The van der Waals surface area contributed by atoms with Crippen molar-refractivity contribution >= 4 is 39.7 Å². The molecule has 88 valence electrons. The van der Waals surface area contributed by atoms with E-state index < -0.39 is 0 Å². The average molecular weight is 269 g/mol. The summed E-state index contributed by atoms with van der Waals surface area (Å²) in [5, 5.41) is 14.6. The van der Waals surface area contributed by atoms with E-state index in [1.165, 1.54) is 5.56 Å². The normalized spacial score (nSPS) is 18.6. The molecule has 0 aliphatic carbocycles. The highest BCUT2D eigenvalue weighted by molar-refractivity contribution is 6.36. The quantitative estimate of drug-likeness (QED) is 0.606. The van der Waals surface area contributed by atoms with Crippen LogP contribution in [0.5, 0.6) is 5.75 Å². The second-order valence-electron chi connectivity index (χ2n) is 4.35. The highest BCUT2D eigenvalue weighted by Crippen LogP contribution is 2.41. The third-order valence-electron chi connectivity index (χ3n) is 3.38. The number of phenolic OH excluding ortho intramolecular Hbond substituents is 1. The minimum absolute atomic E-state index is 0.285. The van der Waals surface area contributed by atoms with E-state index in [9.17, 15) is 5.11 Å². The van der Waals surface area contributed by atoms with Gasteiger partial charge in [-0.1, -0.05) is 23.7 Å². The molecule has 0 bridgehead atoms. The van der Waals surface area contributed by atoms with Crippen LogP contribution in [0, 0.1) is 0 Å². The number of benzene rings is 2. The van der Waals surface area contributed by atoms with Crippen LogP contribution in [-0.2, 0) is 0 Å². The van der Waals surface area contributed by atoms with Gasteiger partial charge in [-0.15, -0.1) is 11.6 Å². The maximum atomic E-state index is 10.0. The predicted octanol–water partition coefficient (Wildman–Crippen LogP) is 2.73. The summed E-state index contributed by atoms with van der Waals surface area (Å²) in [5.74, 6) is 1.16. The van der Waals surface area contributed by atoms with E-state index in [-0.39, 0.29) is 5.75 Å². The van der Waals surface area contributed by atoms with Crippen molar-refractivity contribution in [1.29, 1.82) is 0 Å². The van der Waals surface area contributed by atoms with Gasteiger partial charge in [0.05, 0.1) is 12.5 Å². The van der Waals surface area contributed by atoms with Crippen molar-refractivity contribution in [2.75, 3.05) is 12.4 Å². The van der Waals surface area contributed by atoms with Crippen LogP contribution in [0.3, 0.4) is 0 Å². The van der Waals surface area contributed by atoms with Crippen molar-refractivity contribution in [2.45, 2.75) is 5.92 Å². The van der Waals surface area contributed by atoms with Gasteiger partial charge in [-0.3, -0.25) is 0 Å². The third-order valence-corrected chi connectivity index (χ3v) is 4.07. The largest absolute Gasteiger partial charge is 0.507 e. The molecule has 0 aromatic heterocycles. The molecule has 0 radical (unpaired) electrons. The smallest absolute Gasteiger partial charge is 0.137 e. The SMILES string of the molecule is Oc1cc2c(c3c(Cl)cccc13)[C@H](CCl)C[NH2+]2. The monoisotopic (exact) mass is 268 g/mol. The number of halogens is 2. The highest BCUT2D eigenvalue weighted by atomic mass is 35.5. The molecule has 1 atom stereocenters. The number of phenols is 1. The second-order valence-corrected chi connectivity index (χ2v) is 5.07. The van der Waals surface area contributed by atoms with Gasteiger partial charge in [-0.25, -0.2) is 0 Å². The van der Waals surface area contributed by atoms with Crippen LogP contribution in [0.1, 0.15) is 11.5 Å². The van der Waals surface area contributed by atoms with Crippen LogP contribution >= 0.6 is 23.2 Å². The zero-order valence-electron chi connectivity index (χ0n) is 9.08. The minimum atomic E-state index is 0.285. The number of alkyl halides is 1. The number of hydrogen-bond acceptors (Lipinski definition) is 1. The van der Waals surface area contributed by atoms with Crippen LogP contribution in [0.25, 0.3) is 10.8 Å². The lowest BCUT2D eigenvalue weighted by Crippen LogP contribution is -2.76. The number of aromatic hydroxyl groups is 1. The molecule has 0 fully saturated rings. The molecule has 4 heteroatoms. The number of fused-ring (bicyclic) bond motifs is 3. The summed E-state index contributed by atoms with van der Waals surface area (Å²) in [6.45, 7) is 0.919. The zero-order chi connectivity index (χ0) is 12.0. The van der Waals surface area contributed by atoms with Gasteiger partial charge in [0.15, 0.2) is 0 Å². The van der Waals surface area contributed by atoms with Gasteiger partial charge in [-0.2, -0.15) is 0 Å². The van der Waals surface area contributed by atoms with E-state index >= 15 is 0 Å². The molecular formula is C13H12Cl2NO+. The lowest BCUT2D eigenvalue weighted by molar-refractivity contribution is -0.563. The maximum absolute atomic E-state index is 10.0. The molecule has 0 saturated heterocycles. The Labute approximate surface area is 109 Å². The summed E-state index contributed by atoms with van der Waals surface area (Å²) in [6, 6.07) is 7.40. The molecule has 1 aliphatic heterocycles. The first-order valence-corrected chi connectivity index (χ1v) is 6.47. The van der Waals surface area contributed by atoms with Crippen LogP contribution in [0.4, 0.5) is 5.69 Å². The molecule has 1 heterocycles. The molecule has 1 aliphatic rings. The second kappa shape index (κ2) is 4.05. The first-order valence-electron chi connectivity index (χ1n) is 5.55. The van der Waals surface area contributed by atoms with E-state index in [1.54, 1.807) is 6.07 Å². The summed E-state index contributed by atoms with van der Waals surface area (Å²) < 4.78 is 0. The van der Waals surface area contributed by atoms with Crippen molar-refractivity contribution in [2.24, 2.45) is 0 Å². The number of quaternary nitrogens is 1. The van der Waals surface area contributed by atoms with E-state index in [1.807, 2.05) is 18.2 Å². The third kappa shape index (κ3) is 1.60. The van der Waals surface area contributed by atoms with Crippen LogP contribution < -0.4 is 5.32 Å². The Bertz CT molecular complexity index is 597. The first kappa shape index (κ1) is 11.1. The van der Waals surface area contributed by atoms with Crippen LogP contribution in [0.15, 0.2) is 24.3 Å². The van der Waals surface area contributed by atoms with Crippen LogP contribution in [0.2, 0.25) is 5.02 Å². The molecule has 2 aromatic rings. The highest BCUT2D eigenvalue weighted by Gasteiger charge is 2.30. The molecule has 0 saturated carbocycles. The van der Waals surface area contributed by atoms with Crippen LogP contribution in [-0.4, -0.2) is 17.5 Å². The number of nitrogens with two attached hydrogens (primary N) is 1. The van der Waals surface area contributed by atoms with Gasteiger partial charge in [-0.05, 0) is 6.07 Å². The molecule has 2 nitrogen and oxygen atoms in total. The fourth-order valence-corrected chi connectivity index (χ4v) is 3.15. The van der Waals surface area contributed by atoms with Gasteiger partial charge < -0.3 is 10.4 Å². The van der Waals surface area contributed by atoms with Gasteiger partial charge in [0.1, 0.15) is 11.4 Å². The first-order chi connectivity index (χ1) is 8.22. The van der Waals surface area contributed by atoms with Crippen molar-refractivity contribution < 1.29 is 10.4 Å². The summed E-state index contributed by atoms with van der Waals surface area (Å²) >= 11 is 12.3. The molecular weight excluding hydrogens is 257 g/mol. The molecule has 0 unspecified atom stereocenters. The minimum Gasteiger partial charge on any atom is -0.507 e. The Morgan fingerprint density at radius 3 is 3.00 bits per heavy atom. The van der Waals surface area contributed by atoms with Crippen molar-refractivity contribution in [3.63, 3.8) is 0 Å². The Kier molecular flexibility index (Phi) is 2.66. The standard InChI is InChI=1S/C13H11Cl2NO/c14-5-7-6-16-10-4-11(17)8-2-1-3-9(15)13(8)12(7)10/h1-4,7,16-17H,5-6H2/p+1/t7-/m1/s1. The van der Waals surface area contributed by atoms with Crippen molar-refractivity contribution in [3.05, 3.63) is 34.9 Å². The summed E-state index contributed by atoms with van der Waals surface area (Å²) in [5.41, 5.74) is 2.24. The molecule has 3 N–H and O–H groups in total. The Hall–Kier alpha value is -0.960. The summed E-state index contributed by atoms with van der Waals surface area (Å²) in [7, 11) is 0. The zero-order valence-corrected chi connectivity index (χ0v) is 10.6. The summed E-state index contributed by atoms with van der Waals surface area (Å²) in [4.78, 5) is 0. The predicted molar refractivity (Wildman–Crippen MR) is 70.5 cm³/mol. The number of rotatable bonds is 1. The number of hydrogen-bond donors (Lipinski definition) is 2. The van der Waals surface area contributed by atoms with Gasteiger partial charge in [0, 0.05) is 33.3 Å².